The Morgan fingerprint density at radius 2 is 1.85 bits per heavy atom. The molecular weight excluding hydrogens is 262 g/mol. The molecule has 2 rings (SSSR count). The van der Waals surface area contributed by atoms with Crippen molar-refractivity contribution < 1.29 is 13.6 Å². The summed E-state index contributed by atoms with van der Waals surface area (Å²) in [7, 11) is 0. The molecule has 1 aliphatic carbocycles. The number of benzene rings is 1. The molecule has 2 unspecified atom stereocenters. The number of carbonyl (C=O) groups excluding carboxylic acids is 1. The van der Waals surface area contributed by atoms with Gasteiger partial charge in [-0.3, -0.25) is 4.79 Å². The largest absolute Gasteiger partial charge is 0.352 e. The molecule has 0 heterocycles. The molecular formula is C15H20F2N2O. The number of halogens is 2. The van der Waals surface area contributed by atoms with Gasteiger partial charge in [-0.05, 0) is 25.0 Å². The third-order valence-electron chi connectivity index (χ3n) is 3.81. The van der Waals surface area contributed by atoms with Crippen molar-refractivity contribution in [1.29, 1.82) is 0 Å². The second-order valence-electron chi connectivity index (χ2n) is 5.35. The van der Waals surface area contributed by atoms with E-state index in [4.69, 9.17) is 5.73 Å². The van der Waals surface area contributed by atoms with Crippen LogP contribution >= 0.6 is 0 Å². The fraction of sp³-hybridized carbons (Fsp3) is 0.533. The van der Waals surface area contributed by atoms with E-state index in [2.05, 4.69) is 5.32 Å². The van der Waals surface area contributed by atoms with Gasteiger partial charge in [0.15, 0.2) is 0 Å². The highest BCUT2D eigenvalue weighted by Crippen LogP contribution is 2.17. The van der Waals surface area contributed by atoms with E-state index < -0.39 is 11.6 Å². The SMILES string of the molecule is NC1CCCCCC1NC(=O)Cc1c(F)cccc1F. The van der Waals surface area contributed by atoms with Gasteiger partial charge in [0.25, 0.3) is 0 Å². The van der Waals surface area contributed by atoms with Crippen molar-refractivity contribution in [2.75, 3.05) is 0 Å². The summed E-state index contributed by atoms with van der Waals surface area (Å²) < 4.78 is 27.0. The Morgan fingerprint density at radius 3 is 2.55 bits per heavy atom. The molecule has 1 saturated carbocycles. The lowest BCUT2D eigenvalue weighted by molar-refractivity contribution is -0.121. The fourth-order valence-electron chi connectivity index (χ4n) is 2.64. The number of hydrogen-bond donors (Lipinski definition) is 2. The molecule has 1 aromatic rings. The van der Waals surface area contributed by atoms with Gasteiger partial charge in [0, 0.05) is 17.6 Å². The lowest BCUT2D eigenvalue weighted by Gasteiger charge is -2.22. The van der Waals surface area contributed by atoms with Crippen LogP contribution in [0, 0.1) is 11.6 Å². The van der Waals surface area contributed by atoms with Gasteiger partial charge in [-0.15, -0.1) is 0 Å². The molecule has 1 amide bonds. The Morgan fingerprint density at radius 1 is 1.20 bits per heavy atom. The summed E-state index contributed by atoms with van der Waals surface area (Å²) >= 11 is 0. The first kappa shape index (κ1) is 14.9. The van der Waals surface area contributed by atoms with Crippen molar-refractivity contribution in [3.05, 3.63) is 35.4 Å². The highest BCUT2D eigenvalue weighted by Gasteiger charge is 2.23. The van der Waals surface area contributed by atoms with Gasteiger partial charge in [0.1, 0.15) is 11.6 Å². The third kappa shape index (κ3) is 3.76. The zero-order valence-electron chi connectivity index (χ0n) is 11.4. The first-order chi connectivity index (χ1) is 9.58. The average Bonchev–Trinajstić information content (AvgIpc) is 2.60. The molecule has 1 fully saturated rings. The van der Waals surface area contributed by atoms with E-state index in [0.717, 1.165) is 44.2 Å². The van der Waals surface area contributed by atoms with E-state index >= 15 is 0 Å². The predicted molar refractivity (Wildman–Crippen MR) is 73.1 cm³/mol. The van der Waals surface area contributed by atoms with E-state index in [1.165, 1.54) is 6.07 Å². The summed E-state index contributed by atoms with van der Waals surface area (Å²) in [5.41, 5.74) is 5.83. The highest BCUT2D eigenvalue weighted by atomic mass is 19.1. The lowest BCUT2D eigenvalue weighted by atomic mass is 10.0. The summed E-state index contributed by atoms with van der Waals surface area (Å²) in [6.45, 7) is 0. The quantitative estimate of drug-likeness (QED) is 0.836. The van der Waals surface area contributed by atoms with Crippen LogP contribution in [0.15, 0.2) is 18.2 Å². The minimum atomic E-state index is -0.690. The molecule has 3 N–H and O–H groups in total. The van der Waals surface area contributed by atoms with Crippen molar-refractivity contribution in [3.8, 4) is 0 Å². The number of nitrogens with one attached hydrogen (secondary N) is 1. The van der Waals surface area contributed by atoms with Gasteiger partial charge >= 0.3 is 0 Å². The molecule has 0 bridgehead atoms. The molecule has 0 aliphatic heterocycles. The maximum atomic E-state index is 13.5. The van der Waals surface area contributed by atoms with E-state index in [-0.39, 0.29) is 30.0 Å². The molecule has 1 aromatic carbocycles. The minimum absolute atomic E-state index is 0.0769. The van der Waals surface area contributed by atoms with Crippen molar-refractivity contribution in [2.24, 2.45) is 5.73 Å². The van der Waals surface area contributed by atoms with Crippen LogP contribution in [-0.4, -0.2) is 18.0 Å². The van der Waals surface area contributed by atoms with E-state index in [1.54, 1.807) is 0 Å². The molecule has 1 aliphatic rings. The molecule has 0 radical (unpaired) electrons. The number of carbonyl (C=O) groups is 1. The molecule has 0 aromatic heterocycles. The molecule has 5 heteroatoms. The van der Waals surface area contributed by atoms with Gasteiger partial charge < -0.3 is 11.1 Å². The van der Waals surface area contributed by atoms with Crippen molar-refractivity contribution >= 4 is 5.91 Å². The minimum Gasteiger partial charge on any atom is -0.352 e. The third-order valence-corrected chi connectivity index (χ3v) is 3.81. The molecule has 110 valence electrons. The van der Waals surface area contributed by atoms with Crippen LogP contribution in [0.2, 0.25) is 0 Å². The monoisotopic (exact) mass is 282 g/mol. The van der Waals surface area contributed by atoms with Gasteiger partial charge in [-0.25, -0.2) is 8.78 Å². The van der Waals surface area contributed by atoms with Crippen LogP contribution < -0.4 is 11.1 Å². The normalized spacial score (nSPS) is 23.1. The Bertz CT molecular complexity index is 459. The summed E-state index contributed by atoms with van der Waals surface area (Å²) in [6.07, 6.45) is 4.61. The summed E-state index contributed by atoms with van der Waals surface area (Å²) in [6, 6.07) is 3.42. The summed E-state index contributed by atoms with van der Waals surface area (Å²) in [5, 5.41) is 2.81. The van der Waals surface area contributed by atoms with E-state index in [1.807, 2.05) is 0 Å². The van der Waals surface area contributed by atoms with Crippen LogP contribution in [0.25, 0.3) is 0 Å². The first-order valence-corrected chi connectivity index (χ1v) is 7.06. The number of amides is 1. The van der Waals surface area contributed by atoms with Gasteiger partial charge in [0.2, 0.25) is 5.91 Å². The second kappa shape index (κ2) is 6.79. The Balaban J connectivity index is 1.98. The summed E-state index contributed by atoms with van der Waals surface area (Å²) in [4.78, 5) is 11.9. The summed E-state index contributed by atoms with van der Waals surface area (Å²) in [5.74, 6) is -1.76. The highest BCUT2D eigenvalue weighted by molar-refractivity contribution is 5.79. The van der Waals surface area contributed by atoms with Crippen LogP contribution in [0.3, 0.4) is 0 Å². The molecule has 0 saturated heterocycles. The topological polar surface area (TPSA) is 55.1 Å². The Labute approximate surface area is 117 Å². The maximum absolute atomic E-state index is 13.5. The van der Waals surface area contributed by atoms with Crippen LogP contribution in [0.1, 0.15) is 37.7 Å². The van der Waals surface area contributed by atoms with Crippen molar-refractivity contribution in [2.45, 2.75) is 50.6 Å². The van der Waals surface area contributed by atoms with Crippen molar-refractivity contribution in [3.63, 3.8) is 0 Å². The van der Waals surface area contributed by atoms with Crippen LogP contribution in [0.5, 0.6) is 0 Å². The fourth-order valence-corrected chi connectivity index (χ4v) is 2.64. The first-order valence-electron chi connectivity index (χ1n) is 7.06. The number of rotatable bonds is 3. The molecule has 0 spiro atoms. The van der Waals surface area contributed by atoms with Gasteiger partial charge in [0.05, 0.1) is 6.42 Å². The van der Waals surface area contributed by atoms with E-state index in [9.17, 15) is 13.6 Å². The standard InChI is InChI=1S/C15H20F2N2O/c16-11-5-4-6-12(17)10(11)9-15(20)19-14-8-3-1-2-7-13(14)18/h4-6,13-14H,1-3,7-9,18H2,(H,19,20). The average molecular weight is 282 g/mol. The van der Waals surface area contributed by atoms with Crippen molar-refractivity contribution in [1.82, 2.24) is 5.32 Å². The lowest BCUT2D eigenvalue weighted by Crippen LogP contribution is -2.47. The maximum Gasteiger partial charge on any atom is 0.224 e. The van der Waals surface area contributed by atoms with Gasteiger partial charge in [-0.2, -0.15) is 0 Å². The molecule has 2 atom stereocenters. The molecule has 3 nitrogen and oxygen atoms in total. The predicted octanol–water partition coefficient (Wildman–Crippen LogP) is 2.28. The smallest absolute Gasteiger partial charge is 0.224 e. The number of hydrogen-bond acceptors (Lipinski definition) is 2. The zero-order chi connectivity index (χ0) is 14.5. The van der Waals surface area contributed by atoms with E-state index in [0.29, 0.717) is 0 Å². The number of nitrogens with two attached hydrogens (primary N) is 1. The Kier molecular flexibility index (Phi) is 5.06. The second-order valence-corrected chi connectivity index (χ2v) is 5.35. The Hall–Kier alpha value is -1.49. The molecule has 20 heavy (non-hydrogen) atoms. The van der Waals surface area contributed by atoms with Crippen LogP contribution in [-0.2, 0) is 11.2 Å². The zero-order valence-corrected chi connectivity index (χ0v) is 11.4. The van der Waals surface area contributed by atoms with Crippen LogP contribution in [0.4, 0.5) is 8.78 Å². The van der Waals surface area contributed by atoms with Gasteiger partial charge in [-0.1, -0.05) is 25.3 Å².